The molecule has 3 amide bonds. The fourth-order valence-electron chi connectivity index (χ4n) is 4.54. The average Bonchev–Trinajstić information content (AvgIpc) is 3.63. The third-order valence-corrected chi connectivity index (χ3v) is 11.2. The van der Waals surface area contributed by atoms with Crippen molar-refractivity contribution in [2.75, 3.05) is 44.3 Å². The molecule has 7 atom stereocenters. The van der Waals surface area contributed by atoms with Gasteiger partial charge in [-0.1, -0.05) is 25.6 Å². The average molecular weight is 867 g/mol. The van der Waals surface area contributed by atoms with Crippen molar-refractivity contribution >= 4 is 75.0 Å². The zero-order valence-electron chi connectivity index (χ0n) is 29.2. The molecule has 3 heterocycles. The summed E-state index contributed by atoms with van der Waals surface area (Å²) in [7, 11) is -16.4. The molecule has 310 valence electrons. The predicted octanol–water partition coefficient (Wildman–Crippen LogP) is -2.20. The lowest BCUT2D eigenvalue weighted by Crippen LogP contribution is -2.46. The molecule has 26 nitrogen and oxygen atoms in total. The topological polar surface area (TPSA) is 393 Å². The van der Waals surface area contributed by atoms with Gasteiger partial charge in [0.05, 0.1) is 26.1 Å². The van der Waals surface area contributed by atoms with Crippen LogP contribution in [0.3, 0.4) is 0 Å². The molecule has 0 saturated carbocycles. The summed E-state index contributed by atoms with van der Waals surface area (Å²) in [5.41, 5.74) is 4.22. The summed E-state index contributed by atoms with van der Waals surface area (Å²) in [5.74, 6) is -1.68. The van der Waals surface area contributed by atoms with Crippen LogP contribution in [0.1, 0.15) is 33.4 Å². The number of aliphatic hydroxyl groups is 2. The van der Waals surface area contributed by atoms with Crippen molar-refractivity contribution in [2.24, 2.45) is 5.41 Å². The van der Waals surface area contributed by atoms with Gasteiger partial charge in [0.15, 0.2) is 17.7 Å². The van der Waals surface area contributed by atoms with E-state index in [0.29, 0.717) is 0 Å². The van der Waals surface area contributed by atoms with Gasteiger partial charge < -0.3 is 56.2 Å². The highest BCUT2D eigenvalue weighted by atomic mass is 32.2. The monoisotopic (exact) mass is 866 g/mol. The SMILES string of the molecule is CC(=O)NCC(=O)SCCNC(=O)CCNC(=O)C(O)C(C)(C)COP(=O)(O)OP(=O)(O)OCC1OC(n2cnc3c(N)ncnc32)C(O)C1OP(=O)(O)O. The molecule has 30 heteroatoms. The summed E-state index contributed by atoms with van der Waals surface area (Å²) >= 11 is 0.897. The Morgan fingerprint density at radius 3 is 2.36 bits per heavy atom. The van der Waals surface area contributed by atoms with E-state index >= 15 is 0 Å². The predicted molar refractivity (Wildman–Crippen MR) is 186 cm³/mol. The van der Waals surface area contributed by atoms with E-state index in [0.717, 1.165) is 29.0 Å². The number of aliphatic hydroxyl groups excluding tert-OH is 2. The smallest absolute Gasteiger partial charge is 0.386 e. The molecule has 2 aromatic heterocycles. The molecule has 2 aromatic rings. The Morgan fingerprint density at radius 1 is 1.04 bits per heavy atom. The second kappa shape index (κ2) is 19.5. The van der Waals surface area contributed by atoms with Crippen molar-refractivity contribution in [3.8, 4) is 0 Å². The molecule has 1 fully saturated rings. The lowest BCUT2D eigenvalue weighted by molar-refractivity contribution is -0.137. The van der Waals surface area contributed by atoms with Gasteiger partial charge in [-0.3, -0.25) is 37.3 Å². The number of aromatic nitrogens is 4. The maximum absolute atomic E-state index is 12.6. The van der Waals surface area contributed by atoms with Gasteiger partial charge in [0.1, 0.15) is 36.3 Å². The van der Waals surface area contributed by atoms with Crippen LogP contribution in [-0.2, 0) is 55.5 Å². The minimum absolute atomic E-state index is 0.0233. The molecule has 0 radical (unpaired) electrons. The number of ether oxygens (including phenoxy) is 1. The van der Waals surface area contributed by atoms with Crippen molar-refractivity contribution in [3.63, 3.8) is 0 Å². The number of amides is 3. The van der Waals surface area contributed by atoms with Crippen LogP contribution in [0.2, 0.25) is 0 Å². The van der Waals surface area contributed by atoms with Crippen LogP contribution < -0.4 is 21.7 Å². The number of thioether (sulfide) groups is 1. The van der Waals surface area contributed by atoms with Crippen LogP contribution in [0, 0.1) is 5.41 Å². The van der Waals surface area contributed by atoms with Crippen LogP contribution in [0.5, 0.6) is 0 Å². The Hall–Kier alpha value is -2.97. The van der Waals surface area contributed by atoms with Gasteiger partial charge in [-0.15, -0.1) is 0 Å². The van der Waals surface area contributed by atoms with Crippen molar-refractivity contribution in [1.29, 1.82) is 0 Å². The molecule has 7 unspecified atom stereocenters. The number of carbonyl (C=O) groups excluding carboxylic acids is 4. The molecular formula is C25H41N8O18P3S. The normalized spacial score (nSPS) is 21.7. The molecule has 0 aliphatic carbocycles. The molecule has 1 aliphatic rings. The number of nitrogens with zero attached hydrogens (tertiary/aromatic N) is 4. The largest absolute Gasteiger partial charge is 0.481 e. The maximum Gasteiger partial charge on any atom is 0.481 e. The number of nitrogens with two attached hydrogens (primary N) is 1. The van der Waals surface area contributed by atoms with Crippen LogP contribution in [0.25, 0.3) is 11.2 Å². The molecule has 55 heavy (non-hydrogen) atoms. The molecule has 0 aromatic carbocycles. The van der Waals surface area contributed by atoms with Gasteiger partial charge in [-0.05, 0) is 0 Å². The highest BCUT2D eigenvalue weighted by molar-refractivity contribution is 8.13. The Balaban J connectivity index is 1.49. The summed E-state index contributed by atoms with van der Waals surface area (Å²) in [6.07, 6.45) is -7.03. The van der Waals surface area contributed by atoms with Crippen molar-refractivity contribution in [1.82, 2.24) is 35.5 Å². The first-order chi connectivity index (χ1) is 25.4. The second-order valence-electron chi connectivity index (χ2n) is 12.2. The molecule has 0 spiro atoms. The fourth-order valence-corrected chi connectivity index (χ4v) is 7.98. The molecule has 1 aliphatic heterocycles. The number of carbonyl (C=O) groups is 4. The highest BCUT2D eigenvalue weighted by Gasteiger charge is 2.50. The standard InChI is InChI=1S/C25H41N8O18P3S/c1-13(34)29-8-16(36)55-7-6-27-15(35)4-5-28-23(39)20(38)25(2,3)10-48-54(45,46)51-53(43,44)47-9-14-19(50-52(40,41)42)18(37)24(49-14)33-12-32-17-21(26)30-11-31-22(17)33/h11-12,14,18-20,24,37-38H,4-10H2,1-3H3,(H,27,35)(H,28,39)(H,29,34)(H,43,44)(H,45,46)(H2,26,30,31)(H2,40,41,42). The third kappa shape index (κ3) is 14.5. The summed E-state index contributed by atoms with van der Waals surface area (Å²) in [4.78, 5) is 97.8. The van der Waals surface area contributed by atoms with Gasteiger partial charge >= 0.3 is 23.5 Å². The summed E-state index contributed by atoms with van der Waals surface area (Å²) < 4.78 is 61.9. The van der Waals surface area contributed by atoms with E-state index in [-0.39, 0.29) is 59.8 Å². The Bertz CT molecular complexity index is 1850. The van der Waals surface area contributed by atoms with E-state index in [1.165, 1.54) is 20.8 Å². The number of rotatable bonds is 21. The Morgan fingerprint density at radius 2 is 1.71 bits per heavy atom. The number of hydrogen-bond acceptors (Lipinski definition) is 19. The lowest BCUT2D eigenvalue weighted by atomic mass is 9.87. The number of fused-ring (bicyclic) bond motifs is 1. The van der Waals surface area contributed by atoms with Crippen LogP contribution >= 0.6 is 35.2 Å². The molecular weight excluding hydrogens is 825 g/mol. The number of imidazole rings is 1. The number of anilines is 1. The number of nitrogen functional groups attached to an aromatic ring is 1. The van der Waals surface area contributed by atoms with Gasteiger partial charge in [0, 0.05) is 37.6 Å². The second-order valence-corrected chi connectivity index (χ2v) is 17.6. The van der Waals surface area contributed by atoms with Gasteiger partial charge in [-0.2, -0.15) is 4.31 Å². The van der Waals surface area contributed by atoms with E-state index in [2.05, 4.69) is 39.7 Å². The first-order valence-electron chi connectivity index (χ1n) is 15.7. The van der Waals surface area contributed by atoms with Crippen molar-refractivity contribution in [3.05, 3.63) is 12.7 Å². The number of hydrogen-bond donors (Lipinski definition) is 10. The Kier molecular flexibility index (Phi) is 16.4. The van der Waals surface area contributed by atoms with E-state index < -0.39 is 84.6 Å². The van der Waals surface area contributed by atoms with Gasteiger partial charge in [-0.25, -0.2) is 28.6 Å². The lowest BCUT2D eigenvalue weighted by Gasteiger charge is -2.30. The first-order valence-corrected chi connectivity index (χ1v) is 21.2. The number of phosphoric ester groups is 3. The van der Waals surface area contributed by atoms with Gasteiger partial charge in [0.2, 0.25) is 22.8 Å². The highest BCUT2D eigenvalue weighted by Crippen LogP contribution is 2.61. The van der Waals surface area contributed by atoms with E-state index in [1.54, 1.807) is 0 Å². The number of phosphoric acid groups is 3. The third-order valence-electron chi connectivity index (χ3n) is 7.25. The molecule has 3 rings (SSSR count). The summed E-state index contributed by atoms with van der Waals surface area (Å²) in [5, 5.41) is 28.2. The van der Waals surface area contributed by atoms with Crippen LogP contribution in [0.4, 0.5) is 5.82 Å². The van der Waals surface area contributed by atoms with E-state index in [9.17, 15) is 62.7 Å². The fraction of sp³-hybridized carbons (Fsp3) is 0.640. The minimum Gasteiger partial charge on any atom is -0.386 e. The maximum atomic E-state index is 12.6. The quantitative estimate of drug-likeness (QED) is 0.0470. The zero-order chi connectivity index (χ0) is 41.4. The van der Waals surface area contributed by atoms with Crippen molar-refractivity contribution in [2.45, 2.75) is 57.8 Å². The molecule has 1 saturated heterocycles. The van der Waals surface area contributed by atoms with Crippen LogP contribution in [0.15, 0.2) is 12.7 Å². The van der Waals surface area contributed by atoms with Crippen LogP contribution in [-0.4, -0.2) is 135 Å². The van der Waals surface area contributed by atoms with E-state index in [1.807, 2.05) is 0 Å². The zero-order valence-corrected chi connectivity index (χ0v) is 32.7. The van der Waals surface area contributed by atoms with Gasteiger partial charge in [0.25, 0.3) is 0 Å². The van der Waals surface area contributed by atoms with E-state index in [4.69, 9.17) is 19.5 Å². The minimum atomic E-state index is -5.58. The molecule has 0 bridgehead atoms. The first kappa shape index (κ1) is 46.4. The summed E-state index contributed by atoms with van der Waals surface area (Å²) in [6, 6.07) is 0. The Labute approximate surface area is 315 Å². The summed E-state index contributed by atoms with van der Waals surface area (Å²) in [6.45, 7) is 1.40. The van der Waals surface area contributed by atoms with Crippen molar-refractivity contribution < 1.29 is 85.3 Å². The molecule has 11 N–H and O–H groups in total. The number of nitrogens with one attached hydrogen (secondary N) is 3.